The number of aliphatic hydroxyl groups excluding tert-OH is 1. The maximum Gasteiger partial charge on any atom is 0.330 e. The minimum Gasteiger partial charge on any atom is -0.394 e. The van der Waals surface area contributed by atoms with Crippen LogP contribution in [0.15, 0.2) is 15.8 Å². The van der Waals surface area contributed by atoms with Crippen LogP contribution in [0, 0.1) is 6.92 Å². The zero-order chi connectivity index (χ0) is 14.0. The Bertz CT molecular complexity index is 556. The molecule has 2 unspecified atom stereocenters. The number of aromatic nitrogens is 2. The van der Waals surface area contributed by atoms with Gasteiger partial charge in [0.1, 0.15) is 12.3 Å². The fourth-order valence-corrected chi connectivity index (χ4v) is 2.41. The van der Waals surface area contributed by atoms with Gasteiger partial charge in [0.05, 0.1) is 12.7 Å². The number of hydrogen-bond acceptors (Lipinski definition) is 6. The van der Waals surface area contributed by atoms with Crippen LogP contribution in [0.2, 0.25) is 0 Å². The summed E-state index contributed by atoms with van der Waals surface area (Å²) in [6.07, 6.45) is -0.0172. The molecule has 1 aromatic rings. The van der Waals surface area contributed by atoms with Gasteiger partial charge in [-0.1, -0.05) is 0 Å². The number of ether oxygens (including phenoxy) is 1. The van der Waals surface area contributed by atoms with E-state index in [9.17, 15) is 9.59 Å². The molecule has 4 atom stereocenters. The highest BCUT2D eigenvalue weighted by atomic mass is 31.1. The number of aliphatic hydroxyl groups is 1. The van der Waals surface area contributed by atoms with Gasteiger partial charge in [0.2, 0.25) is 0 Å². The van der Waals surface area contributed by atoms with E-state index in [0.29, 0.717) is 12.0 Å². The van der Waals surface area contributed by atoms with Gasteiger partial charge in [0.15, 0.2) is 9.03 Å². The lowest BCUT2D eigenvalue weighted by atomic mass is 10.2. The van der Waals surface area contributed by atoms with Crippen molar-refractivity contribution in [3.8, 4) is 0 Å². The summed E-state index contributed by atoms with van der Waals surface area (Å²) >= 11 is 0. The number of aromatic amines is 1. The van der Waals surface area contributed by atoms with Gasteiger partial charge in [0.25, 0.3) is 5.56 Å². The van der Waals surface area contributed by atoms with Crippen molar-refractivity contribution >= 4 is 9.03 Å². The van der Waals surface area contributed by atoms with Gasteiger partial charge < -0.3 is 19.3 Å². The summed E-state index contributed by atoms with van der Waals surface area (Å²) in [6.45, 7) is 1.30. The molecule has 1 saturated heterocycles. The predicted octanol–water partition coefficient (Wildman–Crippen LogP) is -0.989. The molecule has 0 aromatic carbocycles. The molecular weight excluding hydrogens is 275 g/mol. The van der Waals surface area contributed by atoms with Gasteiger partial charge in [0, 0.05) is 18.2 Å². The molecule has 9 heteroatoms. The Hall–Kier alpha value is -1.05. The standard InChI is InChI=1S/C10H15N2O6P/c1-5-3-12(10(15)11-9(5)14)8-2-6(18-19-16)7(4-13)17-8/h3,6-8,13,16,19H,2,4H2,1H3,(H,11,14,15)/t6?,7-,8-/m1/s1. The van der Waals surface area contributed by atoms with Gasteiger partial charge in [-0.3, -0.25) is 14.3 Å². The second-order valence-corrected chi connectivity index (χ2v) is 4.69. The van der Waals surface area contributed by atoms with E-state index in [1.54, 1.807) is 6.92 Å². The van der Waals surface area contributed by atoms with Crippen molar-refractivity contribution in [2.24, 2.45) is 0 Å². The first-order valence-electron chi connectivity index (χ1n) is 5.70. The Morgan fingerprint density at radius 3 is 3.00 bits per heavy atom. The monoisotopic (exact) mass is 290 g/mol. The van der Waals surface area contributed by atoms with Gasteiger partial charge in [-0.05, 0) is 6.92 Å². The number of aryl methyl sites for hydroxylation is 1. The highest BCUT2D eigenvalue weighted by Gasteiger charge is 2.37. The van der Waals surface area contributed by atoms with E-state index in [1.807, 2.05) is 0 Å². The molecule has 106 valence electrons. The van der Waals surface area contributed by atoms with Crippen LogP contribution in [-0.2, 0) is 9.26 Å². The Morgan fingerprint density at radius 2 is 2.37 bits per heavy atom. The van der Waals surface area contributed by atoms with Crippen LogP contribution in [0.4, 0.5) is 0 Å². The molecule has 1 aromatic heterocycles. The molecule has 0 aliphatic carbocycles. The van der Waals surface area contributed by atoms with Crippen molar-refractivity contribution in [1.29, 1.82) is 0 Å². The van der Waals surface area contributed by atoms with Crippen molar-refractivity contribution in [3.05, 3.63) is 32.6 Å². The first kappa shape index (κ1) is 14.4. The maximum absolute atomic E-state index is 11.7. The Labute approximate surface area is 109 Å². The van der Waals surface area contributed by atoms with Crippen LogP contribution in [0.3, 0.4) is 0 Å². The summed E-state index contributed by atoms with van der Waals surface area (Å²) in [6, 6.07) is 0. The smallest absolute Gasteiger partial charge is 0.330 e. The van der Waals surface area contributed by atoms with Crippen molar-refractivity contribution < 1.29 is 19.3 Å². The Kier molecular flexibility index (Phi) is 4.49. The molecule has 2 rings (SSSR count). The Balaban J connectivity index is 2.27. The van der Waals surface area contributed by atoms with Gasteiger partial charge >= 0.3 is 5.69 Å². The number of H-pyrrole nitrogens is 1. The van der Waals surface area contributed by atoms with Crippen molar-refractivity contribution in [2.75, 3.05) is 6.61 Å². The molecule has 0 saturated carbocycles. The normalized spacial score (nSPS) is 27.4. The number of nitrogens with one attached hydrogen (secondary N) is 1. The zero-order valence-corrected chi connectivity index (χ0v) is 11.2. The summed E-state index contributed by atoms with van der Waals surface area (Å²) in [4.78, 5) is 34.0. The highest BCUT2D eigenvalue weighted by molar-refractivity contribution is 7.25. The van der Waals surface area contributed by atoms with Crippen LogP contribution in [0.25, 0.3) is 0 Å². The van der Waals surface area contributed by atoms with Crippen molar-refractivity contribution in [2.45, 2.75) is 31.8 Å². The number of rotatable bonds is 4. The van der Waals surface area contributed by atoms with E-state index in [4.69, 9.17) is 19.3 Å². The second-order valence-electron chi connectivity index (χ2n) is 4.27. The van der Waals surface area contributed by atoms with E-state index >= 15 is 0 Å². The minimum absolute atomic E-state index is 0.275. The van der Waals surface area contributed by atoms with Crippen LogP contribution in [0.5, 0.6) is 0 Å². The van der Waals surface area contributed by atoms with E-state index in [-0.39, 0.29) is 6.61 Å². The third-order valence-corrected chi connectivity index (χ3v) is 3.43. The lowest BCUT2D eigenvalue weighted by molar-refractivity contribution is -0.0414. The fourth-order valence-electron chi connectivity index (χ4n) is 2.03. The van der Waals surface area contributed by atoms with Crippen LogP contribution in [0.1, 0.15) is 18.2 Å². The number of hydrogen-bond donors (Lipinski definition) is 3. The van der Waals surface area contributed by atoms with Gasteiger partial charge in [-0.15, -0.1) is 0 Å². The topological polar surface area (TPSA) is 114 Å². The summed E-state index contributed by atoms with van der Waals surface area (Å²) in [5.74, 6) is 0. The largest absolute Gasteiger partial charge is 0.394 e. The fraction of sp³-hybridized carbons (Fsp3) is 0.600. The number of nitrogens with zero attached hydrogens (tertiary/aromatic N) is 1. The molecule has 0 radical (unpaired) electrons. The zero-order valence-electron chi connectivity index (χ0n) is 10.2. The van der Waals surface area contributed by atoms with Crippen molar-refractivity contribution in [3.63, 3.8) is 0 Å². The average molecular weight is 290 g/mol. The molecule has 0 spiro atoms. The summed E-state index contributed by atoms with van der Waals surface area (Å²) in [5, 5.41) is 9.17. The molecule has 0 amide bonds. The van der Waals surface area contributed by atoms with E-state index in [2.05, 4.69) is 4.98 Å². The molecule has 1 fully saturated rings. The minimum atomic E-state index is -0.715. The third kappa shape index (κ3) is 2.93. The summed E-state index contributed by atoms with van der Waals surface area (Å²) in [5.41, 5.74) is -0.635. The van der Waals surface area contributed by atoms with Crippen LogP contribution in [-0.4, -0.2) is 38.4 Å². The van der Waals surface area contributed by atoms with Gasteiger partial charge in [-0.25, -0.2) is 4.79 Å². The summed E-state index contributed by atoms with van der Waals surface area (Å²) in [7, 11) is -0.715. The van der Waals surface area contributed by atoms with E-state index < -0.39 is 38.7 Å². The molecule has 19 heavy (non-hydrogen) atoms. The second kappa shape index (κ2) is 5.94. The van der Waals surface area contributed by atoms with Crippen LogP contribution >= 0.6 is 9.03 Å². The first-order chi connectivity index (χ1) is 9.06. The summed E-state index contributed by atoms with van der Waals surface area (Å²) < 4.78 is 11.8. The molecule has 8 nitrogen and oxygen atoms in total. The molecule has 3 N–H and O–H groups in total. The Morgan fingerprint density at radius 1 is 1.63 bits per heavy atom. The maximum atomic E-state index is 11.7. The molecule has 2 heterocycles. The SMILES string of the molecule is Cc1cn([C@H]2CC(OPO)[C@@H](CO)O2)c(=O)[nH]c1=O. The average Bonchev–Trinajstić information content (AvgIpc) is 2.77. The third-order valence-electron chi connectivity index (χ3n) is 3.02. The van der Waals surface area contributed by atoms with E-state index in [1.165, 1.54) is 10.8 Å². The van der Waals surface area contributed by atoms with E-state index in [0.717, 1.165) is 0 Å². The molecule has 1 aliphatic rings. The molecule has 1 aliphatic heterocycles. The quantitative estimate of drug-likeness (QED) is 0.614. The van der Waals surface area contributed by atoms with Gasteiger partial charge in [-0.2, -0.15) is 0 Å². The molecule has 0 bridgehead atoms. The van der Waals surface area contributed by atoms with Crippen molar-refractivity contribution in [1.82, 2.24) is 9.55 Å². The molecular formula is C10H15N2O6P. The van der Waals surface area contributed by atoms with Crippen LogP contribution < -0.4 is 11.2 Å². The lowest BCUT2D eigenvalue weighted by Crippen LogP contribution is -2.33. The first-order valence-corrected chi connectivity index (χ1v) is 6.55. The highest BCUT2D eigenvalue weighted by Crippen LogP contribution is 2.32. The lowest BCUT2D eigenvalue weighted by Gasteiger charge is -2.15. The predicted molar refractivity (Wildman–Crippen MR) is 67.1 cm³/mol.